The number of amides is 1. The molecule has 2 aliphatic carbocycles. The van der Waals surface area contributed by atoms with E-state index in [1.807, 2.05) is 12.1 Å². The van der Waals surface area contributed by atoms with Gasteiger partial charge in [0.05, 0.1) is 11.8 Å². The summed E-state index contributed by atoms with van der Waals surface area (Å²) in [5, 5.41) is 17.2. The zero-order valence-corrected chi connectivity index (χ0v) is 16.0. The number of nitrogens with one attached hydrogen (secondary N) is 2. The fourth-order valence-electron chi connectivity index (χ4n) is 3.03. The van der Waals surface area contributed by atoms with E-state index in [1.165, 1.54) is 6.20 Å². The number of nitrogens with zero attached hydrogens (tertiary/aromatic N) is 2. The van der Waals surface area contributed by atoms with Gasteiger partial charge in [-0.05, 0) is 50.7 Å². The standard InChI is InChI=1S/C20H23ClN4O2/c1-20(27,13-4-5-13)11-23-19(26)16-10-22-18(24-15-8-9-15)17(25-16)12-2-6-14(21)7-3-12/h2-3,6-7,10,13,15,27H,4-5,8-9,11H2,1H3,(H,22,24)(H,23,26)/t20-/m0/s1. The van der Waals surface area contributed by atoms with Gasteiger partial charge < -0.3 is 15.7 Å². The number of carbonyl (C=O) groups excluding carboxylic acids is 1. The lowest BCUT2D eigenvalue weighted by atomic mass is 10.0. The third-order valence-corrected chi connectivity index (χ3v) is 5.36. The van der Waals surface area contributed by atoms with Crippen molar-refractivity contribution in [2.75, 3.05) is 11.9 Å². The average molecular weight is 387 g/mol. The van der Waals surface area contributed by atoms with Crippen LogP contribution in [-0.2, 0) is 0 Å². The van der Waals surface area contributed by atoms with Gasteiger partial charge in [-0.3, -0.25) is 4.79 Å². The van der Waals surface area contributed by atoms with Gasteiger partial charge in [0.15, 0.2) is 5.82 Å². The molecule has 2 fully saturated rings. The fourth-order valence-corrected chi connectivity index (χ4v) is 3.16. The second kappa shape index (κ2) is 7.09. The number of halogens is 1. The Hall–Kier alpha value is -2.18. The second-order valence-electron chi connectivity index (χ2n) is 7.69. The summed E-state index contributed by atoms with van der Waals surface area (Å²) in [5.74, 6) is 0.594. The quantitative estimate of drug-likeness (QED) is 0.679. The number of aliphatic hydroxyl groups is 1. The number of aromatic nitrogens is 2. The van der Waals surface area contributed by atoms with Crippen molar-refractivity contribution in [1.29, 1.82) is 0 Å². The van der Waals surface area contributed by atoms with Crippen molar-refractivity contribution in [3.05, 3.63) is 41.2 Å². The molecule has 4 rings (SSSR count). The molecule has 2 aliphatic rings. The van der Waals surface area contributed by atoms with Gasteiger partial charge in [0, 0.05) is 23.2 Å². The van der Waals surface area contributed by atoms with E-state index in [1.54, 1.807) is 19.1 Å². The van der Waals surface area contributed by atoms with E-state index in [2.05, 4.69) is 20.6 Å². The van der Waals surface area contributed by atoms with E-state index in [0.717, 1.165) is 31.2 Å². The van der Waals surface area contributed by atoms with Crippen molar-refractivity contribution in [3.8, 4) is 11.3 Å². The zero-order chi connectivity index (χ0) is 19.0. The van der Waals surface area contributed by atoms with Gasteiger partial charge in [-0.15, -0.1) is 0 Å². The molecule has 0 saturated heterocycles. The zero-order valence-electron chi connectivity index (χ0n) is 15.2. The van der Waals surface area contributed by atoms with E-state index in [9.17, 15) is 9.90 Å². The maximum absolute atomic E-state index is 12.6. The van der Waals surface area contributed by atoms with Crippen LogP contribution in [0.3, 0.4) is 0 Å². The van der Waals surface area contributed by atoms with Gasteiger partial charge in [0.25, 0.3) is 5.91 Å². The first-order chi connectivity index (χ1) is 12.9. The molecule has 6 nitrogen and oxygen atoms in total. The Bertz CT molecular complexity index is 846. The van der Waals surface area contributed by atoms with E-state index in [-0.39, 0.29) is 24.1 Å². The minimum absolute atomic E-state index is 0.205. The van der Waals surface area contributed by atoms with E-state index in [4.69, 9.17) is 11.6 Å². The van der Waals surface area contributed by atoms with Crippen LogP contribution < -0.4 is 10.6 Å². The largest absolute Gasteiger partial charge is 0.388 e. The molecule has 1 amide bonds. The van der Waals surface area contributed by atoms with Crippen LogP contribution in [0.4, 0.5) is 5.82 Å². The Morgan fingerprint density at radius 3 is 2.59 bits per heavy atom. The molecule has 1 heterocycles. The van der Waals surface area contributed by atoms with Crippen LogP contribution in [0.2, 0.25) is 5.02 Å². The lowest BCUT2D eigenvalue weighted by Gasteiger charge is -2.23. The first kappa shape index (κ1) is 18.2. The summed E-state index contributed by atoms with van der Waals surface area (Å²) >= 11 is 5.99. The topological polar surface area (TPSA) is 87.1 Å². The minimum atomic E-state index is -0.879. The van der Waals surface area contributed by atoms with Crippen LogP contribution in [0.25, 0.3) is 11.3 Å². The highest BCUT2D eigenvalue weighted by Crippen LogP contribution is 2.39. The Morgan fingerprint density at radius 2 is 1.96 bits per heavy atom. The van der Waals surface area contributed by atoms with Crippen molar-refractivity contribution < 1.29 is 9.90 Å². The summed E-state index contributed by atoms with van der Waals surface area (Å²) in [6.45, 7) is 1.97. The highest BCUT2D eigenvalue weighted by Gasteiger charge is 2.40. The van der Waals surface area contributed by atoms with Crippen molar-refractivity contribution in [3.63, 3.8) is 0 Å². The maximum Gasteiger partial charge on any atom is 0.271 e. The summed E-state index contributed by atoms with van der Waals surface area (Å²) in [6.07, 6.45) is 5.71. The first-order valence-corrected chi connectivity index (χ1v) is 9.70. The Morgan fingerprint density at radius 1 is 1.26 bits per heavy atom. The molecule has 0 unspecified atom stereocenters. The Balaban J connectivity index is 1.56. The first-order valence-electron chi connectivity index (χ1n) is 9.32. The normalized spacial score (nSPS) is 18.6. The van der Waals surface area contributed by atoms with Gasteiger partial charge in [-0.1, -0.05) is 23.7 Å². The Kier molecular flexibility index (Phi) is 4.78. The molecular weight excluding hydrogens is 364 g/mol. The third-order valence-electron chi connectivity index (χ3n) is 5.10. The molecule has 2 aromatic rings. The molecular formula is C20H23ClN4O2. The average Bonchev–Trinajstić information content (AvgIpc) is 3.54. The summed E-state index contributed by atoms with van der Waals surface area (Å²) < 4.78 is 0. The number of carbonyl (C=O) groups is 1. The molecule has 1 atom stereocenters. The SMILES string of the molecule is C[C@](O)(CNC(=O)c1cnc(NC2CC2)c(-c2ccc(Cl)cc2)n1)C1CC1. The summed E-state index contributed by atoms with van der Waals surface area (Å²) in [5.41, 5.74) is 0.818. The third kappa shape index (κ3) is 4.39. The van der Waals surface area contributed by atoms with Crippen LogP contribution in [-0.4, -0.2) is 39.2 Å². The molecule has 142 valence electrons. The molecule has 1 aromatic carbocycles. The molecule has 0 spiro atoms. The smallest absolute Gasteiger partial charge is 0.271 e. The number of anilines is 1. The van der Waals surface area contributed by atoms with Crippen LogP contribution in [0.15, 0.2) is 30.5 Å². The second-order valence-corrected chi connectivity index (χ2v) is 8.13. The lowest BCUT2D eigenvalue weighted by Crippen LogP contribution is -2.42. The van der Waals surface area contributed by atoms with Crippen LogP contribution in [0.5, 0.6) is 0 Å². The monoisotopic (exact) mass is 386 g/mol. The van der Waals surface area contributed by atoms with Gasteiger partial charge in [0.1, 0.15) is 11.4 Å². The minimum Gasteiger partial charge on any atom is -0.388 e. The van der Waals surface area contributed by atoms with Gasteiger partial charge in [-0.2, -0.15) is 0 Å². The molecule has 1 aromatic heterocycles. The van der Waals surface area contributed by atoms with Crippen molar-refractivity contribution >= 4 is 23.3 Å². The van der Waals surface area contributed by atoms with Gasteiger partial charge >= 0.3 is 0 Å². The Labute approximate surface area is 163 Å². The summed E-state index contributed by atoms with van der Waals surface area (Å²) in [7, 11) is 0. The highest BCUT2D eigenvalue weighted by molar-refractivity contribution is 6.30. The van der Waals surface area contributed by atoms with Gasteiger partial charge in [0.2, 0.25) is 0 Å². The number of hydrogen-bond acceptors (Lipinski definition) is 5. The van der Waals surface area contributed by atoms with Gasteiger partial charge in [-0.25, -0.2) is 9.97 Å². The molecule has 27 heavy (non-hydrogen) atoms. The summed E-state index contributed by atoms with van der Waals surface area (Å²) in [6, 6.07) is 7.73. The van der Waals surface area contributed by atoms with Crippen LogP contribution >= 0.6 is 11.6 Å². The van der Waals surface area contributed by atoms with Crippen molar-refractivity contribution in [2.45, 2.75) is 44.2 Å². The highest BCUT2D eigenvalue weighted by atomic mass is 35.5. The molecule has 7 heteroatoms. The van der Waals surface area contributed by atoms with Crippen LogP contribution in [0.1, 0.15) is 43.1 Å². The lowest BCUT2D eigenvalue weighted by molar-refractivity contribution is 0.0353. The molecule has 0 radical (unpaired) electrons. The van der Waals surface area contributed by atoms with Crippen LogP contribution in [0, 0.1) is 5.92 Å². The fraction of sp³-hybridized carbons (Fsp3) is 0.450. The molecule has 3 N–H and O–H groups in total. The number of hydrogen-bond donors (Lipinski definition) is 3. The maximum atomic E-state index is 12.6. The number of benzene rings is 1. The van der Waals surface area contributed by atoms with E-state index in [0.29, 0.717) is 22.6 Å². The van der Waals surface area contributed by atoms with Crippen molar-refractivity contribution in [1.82, 2.24) is 15.3 Å². The molecule has 0 aliphatic heterocycles. The van der Waals surface area contributed by atoms with Crippen molar-refractivity contribution in [2.24, 2.45) is 5.92 Å². The molecule has 0 bridgehead atoms. The van der Waals surface area contributed by atoms with E-state index >= 15 is 0 Å². The predicted octanol–water partition coefficient (Wildman–Crippen LogP) is 3.26. The molecule has 2 saturated carbocycles. The summed E-state index contributed by atoms with van der Waals surface area (Å²) in [4.78, 5) is 21.5. The number of rotatable bonds is 7. The predicted molar refractivity (Wildman–Crippen MR) is 105 cm³/mol. The van der Waals surface area contributed by atoms with E-state index < -0.39 is 5.60 Å².